The van der Waals surface area contributed by atoms with Gasteiger partial charge in [0.25, 0.3) is 5.91 Å². The van der Waals surface area contributed by atoms with E-state index in [4.69, 9.17) is 9.47 Å². The van der Waals surface area contributed by atoms with Crippen molar-refractivity contribution in [2.75, 3.05) is 19.0 Å². The van der Waals surface area contributed by atoms with Crippen LogP contribution in [-0.4, -0.2) is 19.6 Å². The molecule has 1 heterocycles. The van der Waals surface area contributed by atoms with E-state index < -0.39 is 5.91 Å². The number of nitrogens with one attached hydrogen (secondary N) is 1. The van der Waals surface area contributed by atoms with Crippen LogP contribution in [0.5, 0.6) is 11.5 Å². The summed E-state index contributed by atoms with van der Waals surface area (Å²) in [6, 6.07) is 16.5. The van der Waals surface area contributed by atoms with Gasteiger partial charge >= 0.3 is 0 Å². The monoisotopic (exact) mass is 332 g/mol. The van der Waals surface area contributed by atoms with E-state index in [1.807, 2.05) is 36.4 Å². The molecule has 124 valence electrons. The van der Waals surface area contributed by atoms with E-state index in [1.54, 1.807) is 37.5 Å². The van der Waals surface area contributed by atoms with Gasteiger partial charge in [-0.2, -0.15) is 5.26 Å². The predicted octanol–water partition coefficient (Wildman–Crippen LogP) is 3.56. The molecule has 0 saturated heterocycles. The molecule has 0 atom stereocenters. The van der Waals surface area contributed by atoms with Crippen molar-refractivity contribution in [2.24, 2.45) is 0 Å². The number of methoxy groups -OCH3 is 1. The van der Waals surface area contributed by atoms with Crippen LogP contribution in [0.3, 0.4) is 0 Å². The second-order valence-corrected chi connectivity index (χ2v) is 5.40. The number of benzene rings is 2. The highest BCUT2D eigenvalue weighted by molar-refractivity contribution is 6.07. The zero-order valence-electron chi connectivity index (χ0n) is 13.7. The largest absolute Gasteiger partial charge is 0.497 e. The molecular weight excluding hydrogens is 316 g/mol. The van der Waals surface area contributed by atoms with Crippen LogP contribution in [-0.2, 0) is 4.79 Å². The molecule has 0 saturated carbocycles. The molecule has 1 N–H and O–H groups in total. The number of para-hydroxylation sites is 1. The van der Waals surface area contributed by atoms with Gasteiger partial charge in [0.15, 0.2) is 0 Å². The average Bonchev–Trinajstić information content (AvgIpc) is 2.66. The number of rotatable bonds is 4. The molecule has 5 nitrogen and oxygen atoms in total. The number of hydrogen-bond acceptors (Lipinski definition) is 4. The van der Waals surface area contributed by atoms with Crippen molar-refractivity contribution < 1.29 is 14.3 Å². The minimum atomic E-state index is -0.465. The SMILES string of the molecule is COc1ccc(NC(=O)C(C#N)=CC2=Cc3ccccc3OC2)cc1. The van der Waals surface area contributed by atoms with E-state index in [0.29, 0.717) is 18.0 Å². The van der Waals surface area contributed by atoms with Gasteiger partial charge < -0.3 is 14.8 Å². The molecule has 0 aromatic heterocycles. The van der Waals surface area contributed by atoms with Crippen LogP contribution in [0, 0.1) is 11.3 Å². The third-order valence-corrected chi connectivity index (χ3v) is 3.70. The highest BCUT2D eigenvalue weighted by Crippen LogP contribution is 2.26. The molecular formula is C20H16N2O3. The van der Waals surface area contributed by atoms with Gasteiger partial charge in [-0.25, -0.2) is 0 Å². The first-order chi connectivity index (χ1) is 12.2. The van der Waals surface area contributed by atoms with Crippen molar-refractivity contribution in [2.45, 2.75) is 0 Å². The van der Waals surface area contributed by atoms with Crippen LogP contribution in [0.2, 0.25) is 0 Å². The van der Waals surface area contributed by atoms with Gasteiger partial charge in [0.05, 0.1) is 7.11 Å². The second-order valence-electron chi connectivity index (χ2n) is 5.40. The van der Waals surface area contributed by atoms with Gasteiger partial charge in [0, 0.05) is 11.3 Å². The second kappa shape index (κ2) is 7.37. The van der Waals surface area contributed by atoms with E-state index >= 15 is 0 Å². The molecule has 0 spiro atoms. The Balaban J connectivity index is 1.77. The van der Waals surface area contributed by atoms with E-state index in [-0.39, 0.29) is 5.57 Å². The first-order valence-electron chi connectivity index (χ1n) is 7.69. The molecule has 5 heteroatoms. The number of carbonyl (C=O) groups excluding carboxylic acids is 1. The lowest BCUT2D eigenvalue weighted by atomic mass is 10.1. The smallest absolute Gasteiger partial charge is 0.266 e. The maximum atomic E-state index is 12.3. The topological polar surface area (TPSA) is 71.3 Å². The van der Waals surface area contributed by atoms with Crippen molar-refractivity contribution in [3.8, 4) is 17.6 Å². The Morgan fingerprint density at radius 2 is 2.00 bits per heavy atom. The van der Waals surface area contributed by atoms with E-state index in [9.17, 15) is 10.1 Å². The Morgan fingerprint density at radius 1 is 1.24 bits per heavy atom. The maximum Gasteiger partial charge on any atom is 0.266 e. The minimum absolute atomic E-state index is 0.0186. The molecule has 0 fully saturated rings. The van der Waals surface area contributed by atoms with Crippen LogP contribution in [0.4, 0.5) is 5.69 Å². The van der Waals surface area contributed by atoms with Crippen molar-refractivity contribution in [3.63, 3.8) is 0 Å². The van der Waals surface area contributed by atoms with Gasteiger partial charge in [0.1, 0.15) is 29.7 Å². The summed E-state index contributed by atoms with van der Waals surface area (Å²) in [5.41, 5.74) is 2.30. The number of anilines is 1. The van der Waals surface area contributed by atoms with E-state index in [2.05, 4.69) is 5.32 Å². The summed E-state index contributed by atoms with van der Waals surface area (Å²) < 4.78 is 10.7. The van der Waals surface area contributed by atoms with Gasteiger partial charge in [-0.05, 0) is 48.1 Å². The molecule has 0 aliphatic carbocycles. The Labute approximate surface area is 145 Å². The van der Waals surface area contributed by atoms with Crippen molar-refractivity contribution in [3.05, 3.63) is 71.3 Å². The van der Waals surface area contributed by atoms with Gasteiger partial charge in [-0.15, -0.1) is 0 Å². The minimum Gasteiger partial charge on any atom is -0.497 e. The highest BCUT2D eigenvalue weighted by atomic mass is 16.5. The lowest BCUT2D eigenvalue weighted by Crippen LogP contribution is -2.15. The molecule has 3 rings (SSSR count). The molecule has 1 aliphatic rings. The zero-order valence-corrected chi connectivity index (χ0v) is 13.7. The summed E-state index contributed by atoms with van der Waals surface area (Å²) in [4.78, 5) is 12.3. The summed E-state index contributed by atoms with van der Waals surface area (Å²) in [5, 5.41) is 12.0. The predicted molar refractivity (Wildman–Crippen MR) is 95.2 cm³/mol. The summed E-state index contributed by atoms with van der Waals surface area (Å²) in [6.07, 6.45) is 3.46. The first-order valence-corrected chi connectivity index (χ1v) is 7.69. The average molecular weight is 332 g/mol. The van der Waals surface area contributed by atoms with E-state index in [1.165, 1.54) is 0 Å². The number of hydrogen-bond donors (Lipinski definition) is 1. The Bertz CT molecular complexity index is 890. The Kier molecular flexibility index (Phi) is 4.82. The van der Waals surface area contributed by atoms with E-state index in [0.717, 1.165) is 16.9 Å². The fourth-order valence-electron chi connectivity index (χ4n) is 2.42. The number of amides is 1. The fourth-order valence-corrected chi connectivity index (χ4v) is 2.42. The van der Waals surface area contributed by atoms with Gasteiger partial charge in [-0.1, -0.05) is 18.2 Å². The summed E-state index contributed by atoms with van der Waals surface area (Å²) in [7, 11) is 1.57. The number of nitriles is 1. The quantitative estimate of drug-likeness (QED) is 0.686. The molecule has 2 aromatic rings. The summed E-state index contributed by atoms with van der Waals surface area (Å²) >= 11 is 0. The molecule has 0 radical (unpaired) electrons. The van der Waals surface area contributed by atoms with Gasteiger partial charge in [0.2, 0.25) is 0 Å². The summed E-state index contributed by atoms with van der Waals surface area (Å²) in [5.74, 6) is 1.02. The number of ether oxygens (including phenoxy) is 2. The number of fused-ring (bicyclic) bond motifs is 1. The Morgan fingerprint density at radius 3 is 2.72 bits per heavy atom. The molecule has 0 bridgehead atoms. The number of carbonyl (C=O) groups is 1. The highest BCUT2D eigenvalue weighted by Gasteiger charge is 2.14. The van der Waals surface area contributed by atoms with Crippen LogP contribution in [0.25, 0.3) is 6.08 Å². The molecule has 0 unspecified atom stereocenters. The van der Waals surface area contributed by atoms with Crippen LogP contribution >= 0.6 is 0 Å². The third kappa shape index (κ3) is 3.88. The normalized spacial score (nSPS) is 13.0. The lowest BCUT2D eigenvalue weighted by Gasteiger charge is -2.16. The molecule has 1 amide bonds. The van der Waals surface area contributed by atoms with Crippen LogP contribution in [0.15, 0.2) is 65.8 Å². The summed E-state index contributed by atoms with van der Waals surface area (Å²) in [6.45, 7) is 0.317. The lowest BCUT2D eigenvalue weighted by molar-refractivity contribution is -0.112. The number of nitrogens with zero attached hydrogens (tertiary/aromatic N) is 1. The third-order valence-electron chi connectivity index (χ3n) is 3.70. The van der Waals surface area contributed by atoms with Crippen LogP contribution in [0.1, 0.15) is 5.56 Å². The van der Waals surface area contributed by atoms with Crippen molar-refractivity contribution in [1.29, 1.82) is 5.26 Å². The Hall–Kier alpha value is -3.52. The van der Waals surface area contributed by atoms with Crippen LogP contribution < -0.4 is 14.8 Å². The fraction of sp³-hybridized carbons (Fsp3) is 0.100. The van der Waals surface area contributed by atoms with Gasteiger partial charge in [-0.3, -0.25) is 4.79 Å². The maximum absolute atomic E-state index is 12.3. The molecule has 25 heavy (non-hydrogen) atoms. The molecule has 1 aliphatic heterocycles. The van der Waals surface area contributed by atoms with Crippen molar-refractivity contribution in [1.82, 2.24) is 0 Å². The standard InChI is InChI=1S/C20H16N2O3/c1-24-18-8-6-17(7-9-18)22-20(23)16(12-21)11-14-10-15-4-2-3-5-19(15)25-13-14/h2-11H,13H2,1H3,(H,22,23). The zero-order chi connectivity index (χ0) is 17.6. The molecule has 2 aromatic carbocycles. The first kappa shape index (κ1) is 16.3. The van der Waals surface area contributed by atoms with Crippen molar-refractivity contribution >= 4 is 17.7 Å².